The van der Waals surface area contributed by atoms with Crippen LogP contribution in [0.1, 0.15) is 54.5 Å². The van der Waals surface area contributed by atoms with Crippen LogP contribution in [-0.4, -0.2) is 18.0 Å². The normalized spacial score (nSPS) is 24.9. The summed E-state index contributed by atoms with van der Waals surface area (Å²) in [6.07, 6.45) is 20.7. The maximum atomic E-state index is 5.18. The van der Waals surface area contributed by atoms with Gasteiger partial charge in [0.25, 0.3) is 0 Å². The number of fused-ring (bicyclic) bond motifs is 6. The second-order valence-electron chi connectivity index (χ2n) is 12.6. The first-order valence-corrected chi connectivity index (χ1v) is 16.3. The molecule has 2 aliphatic heterocycles. The van der Waals surface area contributed by atoms with Gasteiger partial charge in [-0.3, -0.25) is 5.32 Å². The zero-order valence-electron chi connectivity index (χ0n) is 25.2. The zero-order chi connectivity index (χ0) is 29.7. The van der Waals surface area contributed by atoms with Gasteiger partial charge in [0.1, 0.15) is 18.2 Å². The van der Waals surface area contributed by atoms with Gasteiger partial charge >= 0.3 is 0 Å². The minimum Gasteiger partial charge on any atom is -0.350 e. The maximum Gasteiger partial charge on any atom is 0.131 e. The van der Waals surface area contributed by atoms with Crippen LogP contribution < -0.4 is 15.5 Å². The van der Waals surface area contributed by atoms with E-state index < -0.39 is 0 Å². The number of nitrogens with zero attached hydrogens (tertiary/aromatic N) is 2. The van der Waals surface area contributed by atoms with Gasteiger partial charge in [-0.2, -0.15) is 0 Å². The van der Waals surface area contributed by atoms with Crippen LogP contribution in [0.15, 0.2) is 155 Å². The molecule has 0 amide bonds. The van der Waals surface area contributed by atoms with E-state index in [4.69, 9.17) is 4.99 Å². The molecule has 0 spiro atoms. The van der Waals surface area contributed by atoms with Gasteiger partial charge in [0.15, 0.2) is 0 Å². The third kappa shape index (κ3) is 4.51. The topological polar surface area (TPSA) is 39.7 Å². The van der Waals surface area contributed by atoms with Crippen molar-refractivity contribution in [2.45, 2.75) is 50.0 Å². The molecule has 3 aliphatic carbocycles. The number of anilines is 2. The van der Waals surface area contributed by atoms with E-state index >= 15 is 0 Å². The second kappa shape index (κ2) is 10.9. The Kier molecular flexibility index (Phi) is 6.41. The highest BCUT2D eigenvalue weighted by Crippen LogP contribution is 2.54. The highest BCUT2D eigenvalue weighted by Gasteiger charge is 2.43. The van der Waals surface area contributed by atoms with Crippen LogP contribution in [0.25, 0.3) is 10.8 Å². The van der Waals surface area contributed by atoms with Crippen molar-refractivity contribution in [2.24, 2.45) is 4.99 Å². The molecular formula is C41H36N4. The van der Waals surface area contributed by atoms with Crippen LogP contribution in [0.3, 0.4) is 0 Å². The average molecular weight is 585 g/mol. The van der Waals surface area contributed by atoms with E-state index in [2.05, 4.69) is 149 Å². The van der Waals surface area contributed by atoms with Gasteiger partial charge in [0.2, 0.25) is 0 Å². The fourth-order valence-corrected chi connectivity index (χ4v) is 7.86. The van der Waals surface area contributed by atoms with Crippen LogP contribution >= 0.6 is 0 Å². The molecule has 4 heteroatoms. The van der Waals surface area contributed by atoms with E-state index in [9.17, 15) is 0 Å². The molecule has 220 valence electrons. The lowest BCUT2D eigenvalue weighted by Crippen LogP contribution is -2.52. The number of benzene rings is 4. The minimum absolute atomic E-state index is 0.00294. The summed E-state index contributed by atoms with van der Waals surface area (Å²) in [6, 6.07) is 33.3. The van der Waals surface area contributed by atoms with Gasteiger partial charge in [-0.05, 0) is 82.5 Å². The molecule has 0 radical (unpaired) electrons. The van der Waals surface area contributed by atoms with Gasteiger partial charge in [-0.25, -0.2) is 4.99 Å². The molecule has 0 aromatic heterocycles. The Morgan fingerprint density at radius 3 is 2.47 bits per heavy atom. The Labute approximate surface area is 264 Å². The van der Waals surface area contributed by atoms with E-state index in [1.165, 1.54) is 44.4 Å². The molecule has 4 unspecified atom stereocenters. The lowest BCUT2D eigenvalue weighted by molar-refractivity contribution is 0.440. The SMILES string of the molecule is C1=CC(C2NC(c3ccccc3)=NC(c3ccc(N4c5ccc6ccccc6c5C5C6=C(C=CC54)CCC=C6)cc3)N2)=CCC1. The number of amidine groups is 1. The number of aliphatic imine (C=N–C) groups is 1. The van der Waals surface area contributed by atoms with E-state index in [0.717, 1.165) is 42.6 Å². The summed E-state index contributed by atoms with van der Waals surface area (Å²) < 4.78 is 0. The quantitative estimate of drug-likeness (QED) is 0.252. The third-order valence-electron chi connectivity index (χ3n) is 9.99. The van der Waals surface area contributed by atoms with Crippen molar-refractivity contribution in [3.05, 3.63) is 167 Å². The van der Waals surface area contributed by atoms with E-state index in [1.807, 2.05) is 0 Å². The minimum atomic E-state index is -0.158. The average Bonchev–Trinajstić information content (AvgIpc) is 3.48. The maximum absolute atomic E-state index is 5.18. The van der Waals surface area contributed by atoms with Gasteiger partial charge in [0, 0.05) is 22.9 Å². The van der Waals surface area contributed by atoms with Crippen LogP contribution in [0.5, 0.6) is 0 Å². The van der Waals surface area contributed by atoms with Crippen LogP contribution in [0.4, 0.5) is 11.4 Å². The van der Waals surface area contributed by atoms with Crippen molar-refractivity contribution >= 4 is 28.0 Å². The number of allylic oxidation sites excluding steroid dienone is 6. The zero-order valence-corrected chi connectivity index (χ0v) is 25.2. The fourth-order valence-electron chi connectivity index (χ4n) is 7.86. The molecule has 9 rings (SSSR count). The Hall–Kier alpha value is -4.93. The summed E-state index contributed by atoms with van der Waals surface area (Å²) in [4.78, 5) is 7.74. The predicted octanol–water partition coefficient (Wildman–Crippen LogP) is 8.90. The summed E-state index contributed by atoms with van der Waals surface area (Å²) in [5, 5.41) is 10.1. The monoisotopic (exact) mass is 584 g/mol. The third-order valence-corrected chi connectivity index (χ3v) is 9.99. The molecule has 2 heterocycles. The number of rotatable bonds is 4. The Morgan fingerprint density at radius 1 is 0.756 bits per heavy atom. The molecule has 4 aromatic carbocycles. The summed E-state index contributed by atoms with van der Waals surface area (Å²) in [5.41, 5.74) is 10.5. The van der Waals surface area contributed by atoms with Gasteiger partial charge in [-0.1, -0.05) is 115 Å². The van der Waals surface area contributed by atoms with Crippen molar-refractivity contribution in [2.75, 3.05) is 4.90 Å². The largest absolute Gasteiger partial charge is 0.350 e. The second-order valence-corrected chi connectivity index (χ2v) is 12.6. The highest BCUT2D eigenvalue weighted by molar-refractivity contribution is 6.00. The Morgan fingerprint density at radius 2 is 1.60 bits per heavy atom. The van der Waals surface area contributed by atoms with Crippen molar-refractivity contribution in [1.29, 1.82) is 0 Å². The number of hydrogen-bond donors (Lipinski definition) is 2. The van der Waals surface area contributed by atoms with E-state index in [-0.39, 0.29) is 18.4 Å². The Balaban J connectivity index is 1.10. The van der Waals surface area contributed by atoms with E-state index in [1.54, 1.807) is 0 Å². The first-order chi connectivity index (χ1) is 22.3. The fraction of sp³-hybridized carbons (Fsp3) is 0.195. The van der Waals surface area contributed by atoms with Crippen molar-refractivity contribution in [1.82, 2.24) is 10.6 Å². The molecule has 5 aliphatic rings. The van der Waals surface area contributed by atoms with Gasteiger partial charge < -0.3 is 10.2 Å². The molecule has 0 bridgehead atoms. The lowest BCUT2D eigenvalue weighted by atomic mass is 9.77. The van der Waals surface area contributed by atoms with Crippen LogP contribution in [0.2, 0.25) is 0 Å². The van der Waals surface area contributed by atoms with E-state index in [0.29, 0.717) is 5.92 Å². The molecule has 0 fully saturated rings. The molecule has 4 aromatic rings. The molecule has 2 N–H and O–H groups in total. The van der Waals surface area contributed by atoms with Crippen molar-refractivity contribution in [3.8, 4) is 0 Å². The first kappa shape index (κ1) is 26.5. The first-order valence-electron chi connectivity index (χ1n) is 16.3. The lowest BCUT2D eigenvalue weighted by Gasteiger charge is -2.34. The highest BCUT2D eigenvalue weighted by atomic mass is 15.3. The molecule has 45 heavy (non-hydrogen) atoms. The Bertz CT molecular complexity index is 1980. The predicted molar refractivity (Wildman–Crippen MR) is 186 cm³/mol. The molecule has 4 atom stereocenters. The van der Waals surface area contributed by atoms with Crippen molar-refractivity contribution < 1.29 is 0 Å². The van der Waals surface area contributed by atoms with Crippen LogP contribution in [-0.2, 0) is 0 Å². The van der Waals surface area contributed by atoms with Gasteiger partial charge in [-0.15, -0.1) is 0 Å². The number of hydrogen-bond acceptors (Lipinski definition) is 4. The summed E-state index contributed by atoms with van der Waals surface area (Å²) in [5.74, 6) is 1.25. The summed E-state index contributed by atoms with van der Waals surface area (Å²) in [7, 11) is 0. The molecule has 4 nitrogen and oxygen atoms in total. The summed E-state index contributed by atoms with van der Waals surface area (Å²) in [6.45, 7) is 0. The summed E-state index contributed by atoms with van der Waals surface area (Å²) >= 11 is 0. The van der Waals surface area contributed by atoms with Crippen LogP contribution in [0, 0.1) is 0 Å². The van der Waals surface area contributed by atoms with Crippen molar-refractivity contribution in [3.63, 3.8) is 0 Å². The standard InChI is InChI=1S/C41H36N4/c1-3-13-29(14-4-1)39-42-40(30-15-5-2-6-16-30)44-41(43-39)31-19-23-32(24-20-31)45-35-25-21-27-11-7-9-17-33(27)37(35)38-34-18-10-8-12-28(34)22-26-36(38)45/h1,3-5,7,9-11,13-26,36,38,40-41,44H,2,6,8,12H2,(H,42,43). The molecular weight excluding hydrogens is 548 g/mol. The number of nitrogens with one attached hydrogen (secondary N) is 2. The molecule has 0 saturated carbocycles. The van der Waals surface area contributed by atoms with Gasteiger partial charge in [0.05, 0.1) is 6.04 Å². The smallest absolute Gasteiger partial charge is 0.131 e. The molecule has 0 saturated heterocycles.